The van der Waals surface area contributed by atoms with Gasteiger partial charge >= 0.3 is 0 Å². The Morgan fingerprint density at radius 2 is 1.74 bits per heavy atom. The maximum absolute atomic E-state index is 14.2. The number of aromatic nitrogens is 2. The highest BCUT2D eigenvalue weighted by Crippen LogP contribution is 2.32. The van der Waals surface area contributed by atoms with Gasteiger partial charge in [-0.1, -0.05) is 41.9 Å². The summed E-state index contributed by atoms with van der Waals surface area (Å²) in [6.07, 6.45) is 0.563. The molecule has 202 valence electrons. The molecule has 1 heterocycles. The predicted molar refractivity (Wildman–Crippen MR) is 149 cm³/mol. The van der Waals surface area contributed by atoms with E-state index in [4.69, 9.17) is 11.6 Å². The third-order valence-corrected chi connectivity index (χ3v) is 8.00. The van der Waals surface area contributed by atoms with Crippen LogP contribution in [0.5, 0.6) is 0 Å². The normalized spacial score (nSPS) is 11.3. The van der Waals surface area contributed by atoms with Crippen LogP contribution in [0.2, 0.25) is 5.02 Å². The van der Waals surface area contributed by atoms with Gasteiger partial charge in [-0.25, -0.2) is 13.1 Å². The fraction of sp³-hybridized carbons (Fsp3) is 0.185. The Balaban J connectivity index is 1.74. The summed E-state index contributed by atoms with van der Waals surface area (Å²) in [5.41, 5.74) is 2.17. The van der Waals surface area contributed by atoms with Gasteiger partial charge in [0.1, 0.15) is 11.4 Å². The molecule has 0 radical (unpaired) electrons. The van der Waals surface area contributed by atoms with Gasteiger partial charge in [0.2, 0.25) is 5.91 Å². The Kier molecular flexibility index (Phi) is 8.32. The largest absolute Gasteiger partial charge is 0.354 e. The second-order valence-corrected chi connectivity index (χ2v) is 11.1. The predicted octanol–water partition coefficient (Wildman–Crippen LogP) is 4.60. The molecular weight excluding hydrogens is 542 g/mol. The van der Waals surface area contributed by atoms with Gasteiger partial charge in [0.05, 0.1) is 22.0 Å². The number of benzene rings is 3. The fourth-order valence-corrected chi connectivity index (χ4v) is 5.83. The fourth-order valence-electron chi connectivity index (χ4n) is 4.09. The van der Waals surface area contributed by atoms with Crippen LogP contribution in [0.1, 0.15) is 17.0 Å². The van der Waals surface area contributed by atoms with E-state index in [-0.39, 0.29) is 16.3 Å². The SMILES string of the molecule is Cc1cc(C)n(-c2ccc([N+](=O)[O-])cc2S(=O)(=O)N(CC(=O)NCCc2ccccc2)c2ccc(Cl)cc2)n1. The number of halogens is 1. The lowest BCUT2D eigenvalue weighted by Crippen LogP contribution is -2.41. The smallest absolute Gasteiger partial charge is 0.270 e. The molecule has 12 heteroatoms. The molecule has 0 fully saturated rings. The van der Waals surface area contributed by atoms with Gasteiger partial charge in [-0.15, -0.1) is 0 Å². The van der Waals surface area contributed by atoms with E-state index in [1.54, 1.807) is 19.9 Å². The van der Waals surface area contributed by atoms with E-state index in [1.165, 1.54) is 41.1 Å². The molecule has 0 atom stereocenters. The minimum absolute atomic E-state index is 0.120. The van der Waals surface area contributed by atoms with E-state index >= 15 is 0 Å². The molecule has 4 aromatic rings. The van der Waals surface area contributed by atoms with E-state index in [2.05, 4.69) is 10.4 Å². The van der Waals surface area contributed by atoms with Crippen molar-refractivity contribution in [3.63, 3.8) is 0 Å². The number of amides is 1. The topological polar surface area (TPSA) is 127 Å². The second kappa shape index (κ2) is 11.7. The van der Waals surface area contributed by atoms with Gasteiger partial charge in [0.15, 0.2) is 0 Å². The zero-order chi connectivity index (χ0) is 28.2. The molecule has 0 bridgehead atoms. The van der Waals surface area contributed by atoms with Gasteiger partial charge in [-0.05, 0) is 62.2 Å². The Hall–Kier alpha value is -4.22. The second-order valence-electron chi connectivity index (χ2n) is 8.82. The molecule has 39 heavy (non-hydrogen) atoms. The monoisotopic (exact) mass is 567 g/mol. The molecule has 0 aliphatic heterocycles. The van der Waals surface area contributed by atoms with Gasteiger partial charge < -0.3 is 5.32 Å². The first kappa shape index (κ1) is 27.8. The van der Waals surface area contributed by atoms with E-state index < -0.39 is 33.1 Å². The molecule has 10 nitrogen and oxygen atoms in total. The average molecular weight is 568 g/mol. The van der Waals surface area contributed by atoms with Crippen molar-refractivity contribution in [2.75, 3.05) is 17.4 Å². The first-order valence-corrected chi connectivity index (χ1v) is 13.8. The lowest BCUT2D eigenvalue weighted by Gasteiger charge is -2.25. The number of nitro groups is 1. The van der Waals surface area contributed by atoms with Crippen LogP contribution in [0.3, 0.4) is 0 Å². The van der Waals surface area contributed by atoms with Crippen molar-refractivity contribution in [1.29, 1.82) is 0 Å². The van der Waals surface area contributed by atoms with E-state index in [0.717, 1.165) is 15.9 Å². The van der Waals surface area contributed by atoms with Crippen molar-refractivity contribution in [2.45, 2.75) is 25.2 Å². The number of nitrogens with zero attached hydrogens (tertiary/aromatic N) is 4. The van der Waals surface area contributed by atoms with Crippen LogP contribution in [0, 0.1) is 24.0 Å². The molecule has 1 N–H and O–H groups in total. The number of rotatable bonds is 10. The van der Waals surface area contributed by atoms with Gasteiger partial charge in [0.25, 0.3) is 15.7 Å². The number of carbonyl (C=O) groups is 1. The van der Waals surface area contributed by atoms with Crippen LogP contribution in [-0.4, -0.2) is 42.1 Å². The summed E-state index contributed by atoms with van der Waals surface area (Å²) >= 11 is 6.03. The molecule has 3 aromatic carbocycles. The number of nitrogens with one attached hydrogen (secondary N) is 1. The third kappa shape index (κ3) is 6.44. The number of anilines is 1. The lowest BCUT2D eigenvalue weighted by molar-refractivity contribution is -0.385. The van der Waals surface area contributed by atoms with Gasteiger partial charge in [-0.3, -0.25) is 19.2 Å². The van der Waals surface area contributed by atoms with E-state index in [1.807, 2.05) is 30.3 Å². The van der Waals surface area contributed by atoms with Crippen LogP contribution in [0.25, 0.3) is 5.69 Å². The maximum Gasteiger partial charge on any atom is 0.270 e. The zero-order valence-corrected chi connectivity index (χ0v) is 22.8. The summed E-state index contributed by atoms with van der Waals surface area (Å²) in [6.45, 7) is 3.24. The molecule has 0 saturated carbocycles. The van der Waals surface area contributed by atoms with Crippen molar-refractivity contribution in [3.8, 4) is 5.69 Å². The molecule has 0 aliphatic rings. The summed E-state index contributed by atoms with van der Waals surface area (Å²) in [7, 11) is -4.52. The Morgan fingerprint density at radius 3 is 2.36 bits per heavy atom. The van der Waals surface area contributed by atoms with E-state index in [0.29, 0.717) is 29.4 Å². The van der Waals surface area contributed by atoms with Crippen molar-refractivity contribution >= 4 is 38.9 Å². The Bertz CT molecular complexity index is 1610. The van der Waals surface area contributed by atoms with Gasteiger partial charge in [0, 0.05) is 29.4 Å². The first-order chi connectivity index (χ1) is 18.6. The molecule has 1 aromatic heterocycles. The first-order valence-electron chi connectivity index (χ1n) is 12.0. The summed E-state index contributed by atoms with van der Waals surface area (Å²) in [6, 6.07) is 20.8. The highest BCUT2D eigenvalue weighted by atomic mass is 35.5. The maximum atomic E-state index is 14.2. The van der Waals surface area contributed by atoms with Crippen molar-refractivity contribution in [3.05, 3.63) is 111 Å². The minimum Gasteiger partial charge on any atom is -0.354 e. The number of hydrogen-bond acceptors (Lipinski definition) is 6. The lowest BCUT2D eigenvalue weighted by atomic mass is 10.1. The molecule has 0 spiro atoms. The molecule has 0 aliphatic carbocycles. The third-order valence-electron chi connectivity index (χ3n) is 5.94. The minimum atomic E-state index is -4.52. The number of aryl methyl sites for hydroxylation is 2. The summed E-state index contributed by atoms with van der Waals surface area (Å²) < 4.78 is 30.7. The Labute approximate surface area is 231 Å². The number of sulfonamides is 1. The number of nitro benzene ring substituents is 1. The number of carbonyl (C=O) groups excluding carboxylic acids is 1. The van der Waals surface area contributed by atoms with Crippen LogP contribution < -0.4 is 9.62 Å². The van der Waals surface area contributed by atoms with Gasteiger partial charge in [-0.2, -0.15) is 5.10 Å². The van der Waals surface area contributed by atoms with Crippen molar-refractivity contribution < 1.29 is 18.1 Å². The number of hydrogen-bond donors (Lipinski definition) is 1. The summed E-state index contributed by atoms with van der Waals surface area (Å²) in [5.74, 6) is -0.539. The summed E-state index contributed by atoms with van der Waals surface area (Å²) in [5, 5.41) is 19.1. The number of non-ortho nitro benzene ring substituents is 1. The molecule has 0 unspecified atom stereocenters. The molecule has 4 rings (SSSR count). The molecule has 1 amide bonds. The van der Waals surface area contributed by atoms with Crippen molar-refractivity contribution in [1.82, 2.24) is 15.1 Å². The van der Waals surface area contributed by atoms with Crippen LogP contribution in [-0.2, 0) is 21.2 Å². The highest BCUT2D eigenvalue weighted by molar-refractivity contribution is 7.93. The zero-order valence-electron chi connectivity index (χ0n) is 21.2. The molecular formula is C27H26ClN5O5S. The van der Waals surface area contributed by atoms with Crippen molar-refractivity contribution in [2.24, 2.45) is 0 Å². The standard InChI is InChI=1S/C27H26ClN5O5S/c1-19-16-20(2)32(30-19)25-13-12-24(33(35)36)17-26(25)39(37,38)31(23-10-8-22(28)9-11-23)18-27(34)29-15-14-21-6-4-3-5-7-21/h3-13,16-17H,14-15,18H2,1-2H3,(H,29,34). The van der Waals surface area contributed by atoms with Crippen LogP contribution >= 0.6 is 11.6 Å². The Morgan fingerprint density at radius 1 is 1.05 bits per heavy atom. The quantitative estimate of drug-likeness (QED) is 0.220. The van der Waals surface area contributed by atoms with E-state index in [9.17, 15) is 23.3 Å². The average Bonchev–Trinajstić information content (AvgIpc) is 3.25. The molecule has 0 saturated heterocycles. The summed E-state index contributed by atoms with van der Waals surface area (Å²) in [4.78, 5) is 23.5. The highest BCUT2D eigenvalue weighted by Gasteiger charge is 2.32. The van der Waals surface area contributed by atoms with Crippen LogP contribution in [0.4, 0.5) is 11.4 Å². The van der Waals surface area contributed by atoms with Crippen LogP contribution in [0.15, 0.2) is 83.8 Å².